The van der Waals surface area contributed by atoms with Crippen molar-refractivity contribution < 1.29 is 4.74 Å². The van der Waals surface area contributed by atoms with E-state index in [4.69, 9.17) is 4.74 Å². The molecule has 1 saturated heterocycles. The highest BCUT2D eigenvalue weighted by molar-refractivity contribution is 5.25. The first kappa shape index (κ1) is 12.2. The Labute approximate surface area is 110 Å². The molecule has 1 saturated carbocycles. The van der Waals surface area contributed by atoms with E-state index in [1.165, 1.54) is 43.2 Å². The van der Waals surface area contributed by atoms with Crippen molar-refractivity contribution in [3.8, 4) is 0 Å². The van der Waals surface area contributed by atoms with E-state index in [1.54, 1.807) is 0 Å². The van der Waals surface area contributed by atoms with Gasteiger partial charge in [0.15, 0.2) is 0 Å². The van der Waals surface area contributed by atoms with Crippen LogP contribution in [0, 0.1) is 6.92 Å². The number of aryl methyl sites for hydroxylation is 1. The maximum absolute atomic E-state index is 6.49. The van der Waals surface area contributed by atoms with Crippen molar-refractivity contribution in [3.05, 3.63) is 35.4 Å². The SMILES string of the molecule is Cc1cccc(C2CNCC3(CCCCC3)O2)c1. The van der Waals surface area contributed by atoms with Gasteiger partial charge in [-0.05, 0) is 25.3 Å². The van der Waals surface area contributed by atoms with E-state index in [2.05, 4.69) is 36.5 Å². The molecule has 0 bridgehead atoms. The summed E-state index contributed by atoms with van der Waals surface area (Å²) in [6.07, 6.45) is 6.70. The third kappa shape index (κ3) is 2.45. The monoisotopic (exact) mass is 245 g/mol. The summed E-state index contributed by atoms with van der Waals surface area (Å²) in [5.74, 6) is 0. The molecule has 18 heavy (non-hydrogen) atoms. The first-order valence-electron chi connectivity index (χ1n) is 7.23. The molecule has 2 aliphatic rings. The molecule has 3 rings (SSSR count). The van der Waals surface area contributed by atoms with Gasteiger partial charge in [-0.3, -0.25) is 0 Å². The molecule has 2 heteroatoms. The van der Waals surface area contributed by atoms with Gasteiger partial charge in [0.05, 0.1) is 11.7 Å². The number of hydrogen-bond acceptors (Lipinski definition) is 2. The van der Waals surface area contributed by atoms with Gasteiger partial charge in [-0.25, -0.2) is 0 Å². The minimum absolute atomic E-state index is 0.116. The quantitative estimate of drug-likeness (QED) is 0.819. The molecular weight excluding hydrogens is 222 g/mol. The second-order valence-corrected chi connectivity index (χ2v) is 5.90. The highest BCUT2D eigenvalue weighted by Crippen LogP contribution is 2.37. The minimum Gasteiger partial charge on any atom is -0.364 e. The molecule has 1 N–H and O–H groups in total. The largest absolute Gasteiger partial charge is 0.364 e. The molecule has 1 atom stereocenters. The van der Waals surface area contributed by atoms with Crippen LogP contribution >= 0.6 is 0 Å². The summed E-state index contributed by atoms with van der Waals surface area (Å²) in [4.78, 5) is 0. The second kappa shape index (κ2) is 5.02. The predicted molar refractivity (Wildman–Crippen MR) is 73.7 cm³/mol. The molecule has 1 heterocycles. The van der Waals surface area contributed by atoms with Gasteiger partial charge >= 0.3 is 0 Å². The lowest BCUT2D eigenvalue weighted by molar-refractivity contribution is -0.135. The summed E-state index contributed by atoms with van der Waals surface area (Å²) in [5, 5.41) is 3.59. The third-order valence-corrected chi connectivity index (χ3v) is 4.35. The van der Waals surface area contributed by atoms with E-state index < -0.39 is 0 Å². The highest BCUT2D eigenvalue weighted by atomic mass is 16.5. The Kier molecular flexibility index (Phi) is 3.40. The molecule has 1 unspecified atom stereocenters. The average Bonchev–Trinajstić information content (AvgIpc) is 2.40. The number of morpholine rings is 1. The third-order valence-electron chi connectivity index (χ3n) is 4.35. The van der Waals surface area contributed by atoms with Gasteiger partial charge in [-0.1, -0.05) is 49.1 Å². The van der Waals surface area contributed by atoms with Gasteiger partial charge in [-0.2, -0.15) is 0 Å². The van der Waals surface area contributed by atoms with Crippen LogP contribution in [0.3, 0.4) is 0 Å². The van der Waals surface area contributed by atoms with Crippen molar-refractivity contribution in [2.45, 2.75) is 50.7 Å². The number of benzene rings is 1. The number of ether oxygens (including phenoxy) is 1. The lowest BCUT2D eigenvalue weighted by Crippen LogP contribution is -2.51. The molecular formula is C16H23NO. The fourth-order valence-corrected chi connectivity index (χ4v) is 3.36. The van der Waals surface area contributed by atoms with Crippen LogP contribution < -0.4 is 5.32 Å². The Morgan fingerprint density at radius 3 is 2.83 bits per heavy atom. The molecule has 1 aliphatic carbocycles. The Morgan fingerprint density at radius 2 is 2.06 bits per heavy atom. The number of hydrogen-bond donors (Lipinski definition) is 1. The van der Waals surface area contributed by atoms with Crippen LogP contribution in [-0.4, -0.2) is 18.7 Å². The molecule has 2 nitrogen and oxygen atoms in total. The van der Waals surface area contributed by atoms with Gasteiger partial charge in [0.1, 0.15) is 0 Å². The van der Waals surface area contributed by atoms with Crippen LogP contribution in [0.1, 0.15) is 49.3 Å². The molecule has 1 spiro atoms. The zero-order chi connectivity index (χ0) is 12.4. The normalized spacial score (nSPS) is 27.3. The van der Waals surface area contributed by atoms with Crippen molar-refractivity contribution >= 4 is 0 Å². The van der Waals surface area contributed by atoms with Crippen molar-refractivity contribution in [2.75, 3.05) is 13.1 Å². The van der Waals surface area contributed by atoms with E-state index in [0.29, 0.717) is 0 Å². The maximum atomic E-state index is 6.49. The summed E-state index contributed by atoms with van der Waals surface area (Å²) in [6, 6.07) is 8.74. The molecule has 0 aromatic heterocycles. The van der Waals surface area contributed by atoms with E-state index >= 15 is 0 Å². The maximum Gasteiger partial charge on any atom is 0.0957 e. The van der Waals surface area contributed by atoms with Gasteiger partial charge < -0.3 is 10.1 Å². The summed E-state index contributed by atoms with van der Waals surface area (Å²) in [5.41, 5.74) is 2.76. The topological polar surface area (TPSA) is 21.3 Å². The molecule has 98 valence electrons. The number of rotatable bonds is 1. The van der Waals surface area contributed by atoms with Crippen LogP contribution in [0.5, 0.6) is 0 Å². The van der Waals surface area contributed by atoms with Crippen molar-refractivity contribution in [3.63, 3.8) is 0 Å². The van der Waals surface area contributed by atoms with E-state index in [1.807, 2.05) is 0 Å². The zero-order valence-electron chi connectivity index (χ0n) is 11.2. The zero-order valence-corrected chi connectivity index (χ0v) is 11.2. The van der Waals surface area contributed by atoms with E-state index in [0.717, 1.165) is 13.1 Å². The summed E-state index contributed by atoms with van der Waals surface area (Å²) >= 11 is 0. The van der Waals surface area contributed by atoms with Crippen LogP contribution in [0.4, 0.5) is 0 Å². The van der Waals surface area contributed by atoms with Crippen LogP contribution in [-0.2, 0) is 4.74 Å². The smallest absolute Gasteiger partial charge is 0.0957 e. The van der Waals surface area contributed by atoms with Gasteiger partial charge in [0.25, 0.3) is 0 Å². The fraction of sp³-hybridized carbons (Fsp3) is 0.625. The highest BCUT2D eigenvalue weighted by Gasteiger charge is 2.38. The number of nitrogens with one attached hydrogen (secondary N) is 1. The van der Waals surface area contributed by atoms with E-state index in [-0.39, 0.29) is 11.7 Å². The standard InChI is InChI=1S/C16H23NO/c1-13-6-5-7-14(10-13)15-11-17-12-16(18-15)8-3-2-4-9-16/h5-7,10,15,17H,2-4,8-9,11-12H2,1H3. The minimum atomic E-state index is 0.116. The van der Waals surface area contributed by atoms with Crippen molar-refractivity contribution in [1.82, 2.24) is 5.32 Å². The van der Waals surface area contributed by atoms with Crippen LogP contribution in [0.25, 0.3) is 0 Å². The van der Waals surface area contributed by atoms with Crippen molar-refractivity contribution in [2.24, 2.45) is 0 Å². The van der Waals surface area contributed by atoms with Crippen LogP contribution in [0.2, 0.25) is 0 Å². The average molecular weight is 245 g/mol. The summed E-state index contributed by atoms with van der Waals surface area (Å²) < 4.78 is 6.49. The van der Waals surface area contributed by atoms with Gasteiger partial charge in [0.2, 0.25) is 0 Å². The molecule has 1 aliphatic heterocycles. The lowest BCUT2D eigenvalue weighted by atomic mass is 9.83. The fourth-order valence-electron chi connectivity index (χ4n) is 3.36. The molecule has 2 fully saturated rings. The molecule has 1 aromatic rings. The van der Waals surface area contributed by atoms with Gasteiger partial charge in [-0.15, -0.1) is 0 Å². The first-order valence-corrected chi connectivity index (χ1v) is 7.23. The molecule has 0 radical (unpaired) electrons. The Morgan fingerprint density at radius 1 is 1.22 bits per heavy atom. The summed E-state index contributed by atoms with van der Waals surface area (Å²) in [7, 11) is 0. The first-order chi connectivity index (χ1) is 8.77. The second-order valence-electron chi connectivity index (χ2n) is 5.90. The van der Waals surface area contributed by atoms with Gasteiger partial charge in [0, 0.05) is 13.1 Å². The Hall–Kier alpha value is -0.860. The van der Waals surface area contributed by atoms with Crippen LogP contribution in [0.15, 0.2) is 24.3 Å². The summed E-state index contributed by atoms with van der Waals surface area (Å²) in [6.45, 7) is 4.14. The Balaban J connectivity index is 1.77. The van der Waals surface area contributed by atoms with E-state index in [9.17, 15) is 0 Å². The lowest BCUT2D eigenvalue weighted by Gasteiger charge is -2.44. The molecule has 1 aromatic carbocycles. The predicted octanol–water partition coefficient (Wildman–Crippen LogP) is 3.36. The molecule has 0 amide bonds. The Bertz CT molecular complexity index is 404. The van der Waals surface area contributed by atoms with Crippen molar-refractivity contribution in [1.29, 1.82) is 0 Å².